The van der Waals surface area contributed by atoms with Gasteiger partial charge in [-0.25, -0.2) is 0 Å². The molecule has 6 nitrogen and oxygen atoms in total. The molecule has 1 amide bonds. The highest BCUT2D eigenvalue weighted by molar-refractivity contribution is 8.00. The van der Waals surface area contributed by atoms with Gasteiger partial charge in [0.05, 0.1) is 10.9 Å². The third-order valence-corrected chi connectivity index (χ3v) is 5.54. The van der Waals surface area contributed by atoms with Crippen molar-refractivity contribution >= 4 is 23.4 Å². The number of hydrogen-bond acceptors (Lipinski definition) is 5. The molecule has 2 atom stereocenters. The first-order chi connectivity index (χ1) is 12.6. The fraction of sp³-hybridized carbons (Fsp3) is 0.263. The lowest BCUT2D eigenvalue weighted by atomic mass is 10.1. The van der Waals surface area contributed by atoms with Gasteiger partial charge in [0.1, 0.15) is 0 Å². The number of nitrogens with zero attached hydrogens (tertiary/aromatic N) is 5. The molecule has 7 heteroatoms. The molecule has 1 aliphatic rings. The Kier molecular flexibility index (Phi) is 4.46. The van der Waals surface area contributed by atoms with Crippen molar-refractivity contribution in [3.8, 4) is 5.69 Å². The number of benzene rings is 2. The maximum absolute atomic E-state index is 13.1. The zero-order valence-electron chi connectivity index (χ0n) is 14.6. The zero-order valence-corrected chi connectivity index (χ0v) is 15.4. The summed E-state index contributed by atoms with van der Waals surface area (Å²) >= 11 is 1.38. The monoisotopic (exact) mass is 365 g/mol. The number of para-hydroxylation sites is 2. The lowest BCUT2D eigenvalue weighted by Gasteiger charge is -2.25. The van der Waals surface area contributed by atoms with Gasteiger partial charge in [-0.3, -0.25) is 4.79 Å². The molecule has 132 valence electrons. The van der Waals surface area contributed by atoms with Crippen LogP contribution in [0.25, 0.3) is 5.69 Å². The van der Waals surface area contributed by atoms with Gasteiger partial charge in [-0.05, 0) is 54.5 Å². The van der Waals surface area contributed by atoms with Crippen LogP contribution < -0.4 is 4.90 Å². The van der Waals surface area contributed by atoms with Gasteiger partial charge in [-0.15, -0.1) is 5.10 Å². The van der Waals surface area contributed by atoms with Crippen LogP contribution in [0.5, 0.6) is 0 Å². The highest BCUT2D eigenvalue weighted by Crippen LogP contribution is 2.34. The average Bonchev–Trinajstić information content (AvgIpc) is 3.25. The third kappa shape index (κ3) is 2.99. The SMILES string of the molecule is C[C@@H]1Cc2ccccc2N1C(=O)[C@@H](C)Sc1nnnn1-c1ccccc1. The summed E-state index contributed by atoms with van der Waals surface area (Å²) in [7, 11) is 0. The number of anilines is 1. The van der Waals surface area contributed by atoms with Gasteiger partial charge in [-0.1, -0.05) is 48.2 Å². The molecule has 2 aromatic carbocycles. The highest BCUT2D eigenvalue weighted by Gasteiger charge is 2.34. The van der Waals surface area contributed by atoms with Crippen molar-refractivity contribution in [1.29, 1.82) is 0 Å². The number of carbonyl (C=O) groups is 1. The first kappa shape index (κ1) is 16.8. The Morgan fingerprint density at radius 1 is 1.15 bits per heavy atom. The zero-order chi connectivity index (χ0) is 18.1. The lowest BCUT2D eigenvalue weighted by Crippen LogP contribution is -2.40. The van der Waals surface area contributed by atoms with E-state index in [0.29, 0.717) is 5.16 Å². The topological polar surface area (TPSA) is 63.9 Å². The predicted molar refractivity (Wildman–Crippen MR) is 102 cm³/mol. The molecule has 1 aromatic heterocycles. The van der Waals surface area contributed by atoms with Crippen molar-refractivity contribution in [3.05, 3.63) is 60.2 Å². The minimum absolute atomic E-state index is 0.0788. The summed E-state index contributed by atoms with van der Waals surface area (Å²) in [6, 6.07) is 17.9. The fourth-order valence-corrected chi connectivity index (χ4v) is 4.15. The molecule has 0 saturated heterocycles. The van der Waals surface area contributed by atoms with Gasteiger partial charge < -0.3 is 4.90 Å². The smallest absolute Gasteiger partial charge is 0.240 e. The molecule has 0 unspecified atom stereocenters. The summed E-state index contributed by atoms with van der Waals surface area (Å²) in [6.07, 6.45) is 0.890. The van der Waals surface area contributed by atoms with Crippen molar-refractivity contribution < 1.29 is 4.79 Å². The van der Waals surface area contributed by atoms with Crippen molar-refractivity contribution in [2.24, 2.45) is 0 Å². The van der Waals surface area contributed by atoms with Crippen LogP contribution in [0, 0.1) is 0 Å². The van der Waals surface area contributed by atoms with Crippen molar-refractivity contribution in [2.75, 3.05) is 4.90 Å². The molecule has 3 aromatic rings. The molecule has 0 spiro atoms. The molecule has 0 fully saturated rings. The summed E-state index contributed by atoms with van der Waals surface area (Å²) in [4.78, 5) is 15.0. The maximum Gasteiger partial charge on any atom is 0.240 e. The van der Waals surface area contributed by atoms with E-state index in [-0.39, 0.29) is 17.2 Å². The molecule has 0 bridgehead atoms. The third-order valence-electron chi connectivity index (χ3n) is 4.52. The summed E-state index contributed by atoms with van der Waals surface area (Å²) in [5.41, 5.74) is 3.11. The second-order valence-electron chi connectivity index (χ2n) is 6.36. The Morgan fingerprint density at radius 3 is 2.69 bits per heavy atom. The Bertz CT molecular complexity index is 926. The number of fused-ring (bicyclic) bond motifs is 1. The van der Waals surface area contributed by atoms with Gasteiger partial charge in [-0.2, -0.15) is 4.68 Å². The number of thioether (sulfide) groups is 1. The van der Waals surface area contributed by atoms with Crippen LogP contribution in [0.15, 0.2) is 59.8 Å². The predicted octanol–water partition coefficient (Wildman–Crippen LogP) is 3.12. The Hall–Kier alpha value is -2.67. The average molecular weight is 365 g/mol. The number of tetrazole rings is 1. The van der Waals surface area contributed by atoms with Crippen LogP contribution >= 0.6 is 11.8 Å². The number of hydrogen-bond donors (Lipinski definition) is 0. The largest absolute Gasteiger partial charge is 0.308 e. The van der Waals surface area contributed by atoms with Crippen molar-refractivity contribution in [1.82, 2.24) is 20.2 Å². The maximum atomic E-state index is 13.1. The van der Waals surface area contributed by atoms with Crippen molar-refractivity contribution in [2.45, 2.75) is 36.7 Å². The van der Waals surface area contributed by atoms with E-state index in [9.17, 15) is 4.79 Å². The van der Waals surface area contributed by atoms with E-state index < -0.39 is 0 Å². The second kappa shape index (κ2) is 6.92. The van der Waals surface area contributed by atoms with Gasteiger partial charge in [0.2, 0.25) is 11.1 Å². The molecule has 4 rings (SSSR count). The van der Waals surface area contributed by atoms with Gasteiger partial charge in [0.25, 0.3) is 0 Å². The van der Waals surface area contributed by atoms with Gasteiger partial charge >= 0.3 is 0 Å². The van der Waals surface area contributed by atoms with E-state index in [1.165, 1.54) is 17.3 Å². The molecule has 0 N–H and O–H groups in total. The normalized spacial score (nSPS) is 17.2. The summed E-state index contributed by atoms with van der Waals surface area (Å²) in [6.45, 7) is 3.99. The molecule has 0 radical (unpaired) electrons. The van der Waals surface area contributed by atoms with E-state index in [2.05, 4.69) is 28.5 Å². The van der Waals surface area contributed by atoms with E-state index >= 15 is 0 Å². The van der Waals surface area contributed by atoms with Crippen LogP contribution in [-0.2, 0) is 11.2 Å². The summed E-state index contributed by atoms with van der Waals surface area (Å²) in [5, 5.41) is 12.2. The van der Waals surface area contributed by atoms with E-state index in [1.807, 2.05) is 60.4 Å². The van der Waals surface area contributed by atoms with E-state index in [1.54, 1.807) is 4.68 Å². The minimum atomic E-state index is -0.294. The number of amides is 1. The molecule has 2 heterocycles. The van der Waals surface area contributed by atoms with Crippen LogP contribution in [-0.4, -0.2) is 37.4 Å². The first-order valence-electron chi connectivity index (χ1n) is 8.56. The molecule has 26 heavy (non-hydrogen) atoms. The standard InChI is InChI=1S/C19H19N5OS/c1-13-12-15-8-6-7-11-17(15)23(13)18(25)14(2)26-19-20-21-22-24(19)16-9-4-3-5-10-16/h3-11,13-14H,12H2,1-2H3/t13-,14-/m1/s1. The second-order valence-corrected chi connectivity index (χ2v) is 7.67. The number of rotatable bonds is 4. The quantitative estimate of drug-likeness (QED) is 0.665. The lowest BCUT2D eigenvalue weighted by molar-refractivity contribution is -0.118. The van der Waals surface area contributed by atoms with Gasteiger partial charge in [0.15, 0.2) is 0 Å². The van der Waals surface area contributed by atoms with Crippen molar-refractivity contribution in [3.63, 3.8) is 0 Å². The molecule has 0 saturated carbocycles. The van der Waals surface area contributed by atoms with Crippen LogP contribution in [0.3, 0.4) is 0 Å². The number of aromatic nitrogens is 4. The van der Waals surface area contributed by atoms with Crippen LogP contribution in [0.2, 0.25) is 0 Å². The minimum Gasteiger partial charge on any atom is -0.308 e. The molecular formula is C19H19N5OS. The molecule has 0 aliphatic carbocycles. The summed E-state index contributed by atoms with van der Waals surface area (Å²) < 4.78 is 1.66. The van der Waals surface area contributed by atoms with E-state index in [0.717, 1.165) is 17.8 Å². The highest BCUT2D eigenvalue weighted by atomic mass is 32.2. The molecule has 1 aliphatic heterocycles. The first-order valence-corrected chi connectivity index (χ1v) is 9.44. The Labute approximate surface area is 156 Å². The Morgan fingerprint density at radius 2 is 1.88 bits per heavy atom. The molecular weight excluding hydrogens is 346 g/mol. The summed E-state index contributed by atoms with van der Waals surface area (Å²) in [5.74, 6) is 0.0788. The van der Waals surface area contributed by atoms with Crippen LogP contribution in [0.1, 0.15) is 19.4 Å². The van der Waals surface area contributed by atoms with E-state index in [4.69, 9.17) is 0 Å². The fourth-order valence-electron chi connectivity index (χ4n) is 3.29. The Balaban J connectivity index is 1.56. The van der Waals surface area contributed by atoms with Gasteiger partial charge in [0, 0.05) is 11.7 Å². The number of carbonyl (C=O) groups excluding carboxylic acids is 1. The van der Waals surface area contributed by atoms with Crippen LogP contribution in [0.4, 0.5) is 5.69 Å².